The quantitative estimate of drug-likeness (QED) is 0.705. The molecule has 0 bridgehead atoms. The Kier molecular flexibility index (Phi) is 6.10. The SMILES string of the molecule is CCS(=O)(=O)Nc1ccccc1.O=S(=O)(O)O. The standard InChI is InChI=1S/C8H11NO2S.H2O4S/c1-2-12(10,11)9-8-6-4-3-5-7-8;1-5(2,3)4/h3-7,9H,2H2,1H3;(H2,1,2,3,4). The van der Waals surface area contributed by atoms with Crippen molar-refractivity contribution in [1.82, 2.24) is 0 Å². The van der Waals surface area contributed by atoms with Crippen molar-refractivity contribution >= 4 is 26.1 Å². The van der Waals surface area contributed by atoms with E-state index in [1.807, 2.05) is 6.07 Å². The van der Waals surface area contributed by atoms with Crippen LogP contribution in [0.25, 0.3) is 0 Å². The zero-order valence-corrected chi connectivity index (χ0v) is 10.6. The van der Waals surface area contributed by atoms with Crippen LogP contribution in [-0.2, 0) is 20.4 Å². The maximum absolute atomic E-state index is 11.1. The van der Waals surface area contributed by atoms with Crippen molar-refractivity contribution in [3.63, 3.8) is 0 Å². The van der Waals surface area contributed by atoms with Gasteiger partial charge in [0.25, 0.3) is 0 Å². The summed E-state index contributed by atoms with van der Waals surface area (Å²) in [6, 6.07) is 8.84. The molecule has 0 fully saturated rings. The summed E-state index contributed by atoms with van der Waals surface area (Å²) in [4.78, 5) is 0. The van der Waals surface area contributed by atoms with Crippen molar-refractivity contribution in [3.05, 3.63) is 30.3 Å². The highest BCUT2D eigenvalue weighted by Crippen LogP contribution is 2.07. The summed E-state index contributed by atoms with van der Waals surface area (Å²) < 4.78 is 56.1. The first-order valence-corrected chi connectivity index (χ1v) is 7.44. The third-order valence-corrected chi connectivity index (χ3v) is 2.73. The van der Waals surface area contributed by atoms with Gasteiger partial charge in [0, 0.05) is 5.69 Å². The Balaban J connectivity index is 0.000000437. The molecule has 1 aromatic rings. The highest BCUT2D eigenvalue weighted by molar-refractivity contribution is 7.92. The fraction of sp³-hybridized carbons (Fsp3) is 0.250. The van der Waals surface area contributed by atoms with E-state index in [1.165, 1.54) is 0 Å². The Hall–Kier alpha value is -1.16. The molecule has 0 unspecified atom stereocenters. The molecule has 0 amide bonds. The molecule has 3 N–H and O–H groups in total. The van der Waals surface area contributed by atoms with Crippen LogP contribution in [0, 0.1) is 0 Å². The second-order valence-corrected chi connectivity index (χ2v) is 5.73. The number of benzene rings is 1. The molecule has 0 saturated heterocycles. The summed E-state index contributed by atoms with van der Waals surface area (Å²) in [5, 5.41) is 0. The first-order chi connectivity index (χ1) is 7.64. The molecule has 0 aliphatic carbocycles. The third kappa shape index (κ3) is 11.1. The van der Waals surface area contributed by atoms with Crippen molar-refractivity contribution < 1.29 is 25.9 Å². The zero-order chi connectivity index (χ0) is 13.5. The molecule has 0 aliphatic rings. The van der Waals surface area contributed by atoms with Crippen molar-refractivity contribution in [2.45, 2.75) is 6.92 Å². The van der Waals surface area contributed by atoms with E-state index in [0.29, 0.717) is 5.69 Å². The number of hydrogen-bond donors (Lipinski definition) is 3. The minimum Gasteiger partial charge on any atom is -0.284 e. The van der Waals surface area contributed by atoms with Crippen LogP contribution in [0.15, 0.2) is 30.3 Å². The number of anilines is 1. The van der Waals surface area contributed by atoms with Gasteiger partial charge in [-0.3, -0.25) is 13.8 Å². The van der Waals surface area contributed by atoms with Gasteiger partial charge in [-0.15, -0.1) is 0 Å². The lowest BCUT2D eigenvalue weighted by molar-refractivity contribution is 0.381. The number of rotatable bonds is 3. The molecule has 0 aromatic heterocycles. The number of para-hydroxylation sites is 1. The Labute approximate surface area is 100 Å². The van der Waals surface area contributed by atoms with E-state index in [0.717, 1.165) is 0 Å². The second-order valence-electron chi connectivity index (χ2n) is 2.82. The van der Waals surface area contributed by atoms with Crippen LogP contribution in [0.5, 0.6) is 0 Å². The third-order valence-electron chi connectivity index (χ3n) is 1.43. The van der Waals surface area contributed by atoms with Crippen LogP contribution >= 0.6 is 0 Å². The van der Waals surface area contributed by atoms with Crippen LogP contribution in [0.1, 0.15) is 6.92 Å². The predicted molar refractivity (Wildman–Crippen MR) is 63.7 cm³/mol. The summed E-state index contributed by atoms with van der Waals surface area (Å²) in [5.74, 6) is 0.0991. The molecule has 9 heteroatoms. The van der Waals surface area contributed by atoms with Crippen molar-refractivity contribution in [2.75, 3.05) is 10.5 Å². The molecule has 98 valence electrons. The molecule has 0 saturated carbocycles. The van der Waals surface area contributed by atoms with Gasteiger partial charge in [-0.05, 0) is 19.1 Å². The Morgan fingerprint density at radius 1 is 1.06 bits per heavy atom. The lowest BCUT2D eigenvalue weighted by Gasteiger charge is -2.04. The molecule has 17 heavy (non-hydrogen) atoms. The van der Waals surface area contributed by atoms with E-state index in [1.54, 1.807) is 31.2 Å². The highest BCUT2D eigenvalue weighted by Gasteiger charge is 2.04. The van der Waals surface area contributed by atoms with Gasteiger partial charge in [0.05, 0.1) is 5.75 Å². The van der Waals surface area contributed by atoms with Gasteiger partial charge in [-0.1, -0.05) is 18.2 Å². The number of nitrogens with one attached hydrogen (secondary N) is 1. The lowest BCUT2D eigenvalue weighted by Crippen LogP contribution is -2.14. The smallest absolute Gasteiger partial charge is 0.284 e. The maximum Gasteiger partial charge on any atom is 0.394 e. The van der Waals surface area contributed by atoms with E-state index < -0.39 is 20.4 Å². The van der Waals surface area contributed by atoms with Crippen LogP contribution in [-0.4, -0.2) is 31.7 Å². The summed E-state index contributed by atoms with van der Waals surface area (Å²) in [6.07, 6.45) is 0. The van der Waals surface area contributed by atoms with E-state index in [4.69, 9.17) is 17.5 Å². The Morgan fingerprint density at radius 2 is 1.47 bits per heavy atom. The van der Waals surface area contributed by atoms with Crippen LogP contribution < -0.4 is 4.72 Å². The minimum absolute atomic E-state index is 0.0991. The van der Waals surface area contributed by atoms with E-state index in [2.05, 4.69) is 4.72 Å². The molecule has 1 rings (SSSR count). The fourth-order valence-corrected chi connectivity index (χ4v) is 1.40. The highest BCUT2D eigenvalue weighted by atomic mass is 32.3. The second kappa shape index (κ2) is 6.55. The van der Waals surface area contributed by atoms with Gasteiger partial charge in [0.1, 0.15) is 0 Å². The monoisotopic (exact) mass is 283 g/mol. The van der Waals surface area contributed by atoms with Crippen molar-refractivity contribution in [3.8, 4) is 0 Å². The molecule has 0 radical (unpaired) electrons. The zero-order valence-electron chi connectivity index (χ0n) is 8.94. The van der Waals surface area contributed by atoms with E-state index in [-0.39, 0.29) is 5.75 Å². The van der Waals surface area contributed by atoms with Gasteiger partial charge in [-0.25, -0.2) is 8.42 Å². The van der Waals surface area contributed by atoms with Gasteiger partial charge < -0.3 is 0 Å². The van der Waals surface area contributed by atoms with Crippen molar-refractivity contribution in [2.24, 2.45) is 0 Å². The predicted octanol–water partition coefficient (Wildman–Crippen LogP) is 0.795. The molecule has 0 aliphatic heterocycles. The lowest BCUT2D eigenvalue weighted by atomic mass is 10.3. The molecule has 7 nitrogen and oxygen atoms in total. The van der Waals surface area contributed by atoms with Crippen LogP contribution in [0.2, 0.25) is 0 Å². The van der Waals surface area contributed by atoms with Gasteiger partial charge in [-0.2, -0.15) is 8.42 Å². The molecular formula is C8H13NO6S2. The normalized spacial score (nSPS) is 11.2. The minimum atomic E-state index is -4.67. The Bertz CT molecular complexity index is 514. The Morgan fingerprint density at radius 3 is 1.82 bits per heavy atom. The van der Waals surface area contributed by atoms with Gasteiger partial charge in [0.15, 0.2) is 0 Å². The molecule has 0 heterocycles. The first-order valence-electron chi connectivity index (χ1n) is 4.39. The molecule has 0 atom stereocenters. The average molecular weight is 283 g/mol. The molecular weight excluding hydrogens is 270 g/mol. The van der Waals surface area contributed by atoms with Crippen molar-refractivity contribution in [1.29, 1.82) is 0 Å². The first kappa shape index (κ1) is 15.8. The summed E-state index contributed by atoms with van der Waals surface area (Å²) in [6.45, 7) is 1.60. The summed E-state index contributed by atoms with van der Waals surface area (Å²) in [7, 11) is -7.79. The van der Waals surface area contributed by atoms with E-state index in [9.17, 15) is 8.42 Å². The van der Waals surface area contributed by atoms with Crippen LogP contribution in [0.3, 0.4) is 0 Å². The summed E-state index contributed by atoms with van der Waals surface area (Å²) >= 11 is 0. The van der Waals surface area contributed by atoms with Gasteiger partial charge >= 0.3 is 10.4 Å². The largest absolute Gasteiger partial charge is 0.394 e. The van der Waals surface area contributed by atoms with Gasteiger partial charge in [0.2, 0.25) is 10.0 Å². The molecule has 0 spiro atoms. The number of hydrogen-bond acceptors (Lipinski definition) is 4. The van der Waals surface area contributed by atoms with E-state index >= 15 is 0 Å². The average Bonchev–Trinajstić information content (AvgIpc) is 2.16. The summed E-state index contributed by atoms with van der Waals surface area (Å²) in [5.41, 5.74) is 0.611. The van der Waals surface area contributed by atoms with Crippen LogP contribution in [0.4, 0.5) is 5.69 Å². The maximum atomic E-state index is 11.1. The molecule has 1 aromatic carbocycles. The fourth-order valence-electron chi connectivity index (χ4n) is 0.758. The number of sulfonamides is 1. The topological polar surface area (TPSA) is 121 Å².